The van der Waals surface area contributed by atoms with E-state index in [1.54, 1.807) is 0 Å². The smallest absolute Gasteiger partial charge is 0.306 e. The molecule has 0 spiro atoms. The Bertz CT molecular complexity index is 434. The molecule has 3 nitrogen and oxygen atoms in total. The average Bonchev–Trinajstić information content (AvgIpc) is 2.38. The van der Waals surface area contributed by atoms with Crippen LogP contribution in [0.15, 0.2) is 24.3 Å². The van der Waals surface area contributed by atoms with Crippen molar-refractivity contribution in [3.05, 3.63) is 35.4 Å². The predicted molar refractivity (Wildman–Crippen MR) is 72.4 cm³/mol. The topological polar surface area (TPSA) is 49.3 Å². The highest BCUT2D eigenvalue weighted by molar-refractivity contribution is 5.70. The van der Waals surface area contributed by atoms with E-state index >= 15 is 0 Å². The van der Waals surface area contributed by atoms with Crippen LogP contribution in [0.2, 0.25) is 0 Å². The summed E-state index contributed by atoms with van der Waals surface area (Å²) in [5.74, 6) is 1.48. The quantitative estimate of drug-likeness (QED) is 0.570. The SMILES string of the molecule is C#Cc1cccc(CC(CCCNC)C(=O)O)c1. The van der Waals surface area contributed by atoms with Gasteiger partial charge in [0.05, 0.1) is 5.92 Å². The van der Waals surface area contributed by atoms with Crippen molar-refractivity contribution in [1.29, 1.82) is 0 Å². The van der Waals surface area contributed by atoms with Gasteiger partial charge in [-0.05, 0) is 50.6 Å². The second kappa shape index (κ2) is 7.52. The molecule has 18 heavy (non-hydrogen) atoms. The Morgan fingerprint density at radius 2 is 2.33 bits per heavy atom. The van der Waals surface area contributed by atoms with Crippen molar-refractivity contribution in [3.8, 4) is 12.3 Å². The molecular weight excluding hydrogens is 226 g/mol. The maximum absolute atomic E-state index is 11.2. The van der Waals surface area contributed by atoms with E-state index in [0.717, 1.165) is 24.1 Å². The molecule has 0 saturated carbocycles. The lowest BCUT2D eigenvalue weighted by atomic mass is 9.94. The normalized spacial score (nSPS) is 11.8. The molecule has 1 aromatic rings. The van der Waals surface area contributed by atoms with Gasteiger partial charge in [-0.25, -0.2) is 0 Å². The van der Waals surface area contributed by atoms with Crippen LogP contribution in [0.3, 0.4) is 0 Å². The molecule has 0 aromatic heterocycles. The van der Waals surface area contributed by atoms with Gasteiger partial charge >= 0.3 is 5.97 Å². The van der Waals surface area contributed by atoms with Gasteiger partial charge in [0.2, 0.25) is 0 Å². The molecular formula is C15H19NO2. The Kier molecular flexibility index (Phi) is 5.96. The van der Waals surface area contributed by atoms with E-state index in [1.165, 1.54) is 0 Å². The molecule has 1 aromatic carbocycles. The van der Waals surface area contributed by atoms with Crippen molar-refractivity contribution in [2.24, 2.45) is 5.92 Å². The van der Waals surface area contributed by atoms with E-state index in [9.17, 15) is 9.90 Å². The third-order valence-corrected chi connectivity index (χ3v) is 2.90. The Labute approximate surface area is 108 Å². The van der Waals surface area contributed by atoms with E-state index in [1.807, 2.05) is 31.3 Å². The number of carbonyl (C=O) groups is 1. The number of aliphatic carboxylic acids is 1. The minimum absolute atomic E-state index is 0.341. The molecule has 0 aliphatic carbocycles. The average molecular weight is 245 g/mol. The fraction of sp³-hybridized carbons (Fsp3) is 0.400. The van der Waals surface area contributed by atoms with E-state index < -0.39 is 5.97 Å². The second-order valence-corrected chi connectivity index (χ2v) is 4.33. The van der Waals surface area contributed by atoms with Crippen LogP contribution in [0.5, 0.6) is 0 Å². The minimum Gasteiger partial charge on any atom is -0.481 e. The molecule has 1 rings (SSSR count). The third-order valence-electron chi connectivity index (χ3n) is 2.90. The maximum Gasteiger partial charge on any atom is 0.306 e. The van der Waals surface area contributed by atoms with Gasteiger partial charge in [-0.1, -0.05) is 18.1 Å². The van der Waals surface area contributed by atoms with E-state index in [4.69, 9.17) is 6.42 Å². The molecule has 0 heterocycles. The van der Waals surface area contributed by atoms with Gasteiger partial charge in [0.15, 0.2) is 0 Å². The Morgan fingerprint density at radius 1 is 1.56 bits per heavy atom. The Balaban J connectivity index is 2.65. The van der Waals surface area contributed by atoms with Gasteiger partial charge in [-0.3, -0.25) is 4.79 Å². The van der Waals surface area contributed by atoms with Gasteiger partial charge in [0.1, 0.15) is 0 Å². The summed E-state index contributed by atoms with van der Waals surface area (Å²) in [6.07, 6.45) is 7.41. The zero-order valence-corrected chi connectivity index (χ0v) is 10.6. The fourth-order valence-electron chi connectivity index (χ4n) is 1.91. The molecule has 0 radical (unpaired) electrons. The van der Waals surface area contributed by atoms with Crippen molar-refractivity contribution in [3.63, 3.8) is 0 Å². The van der Waals surface area contributed by atoms with Gasteiger partial charge < -0.3 is 10.4 Å². The number of terminal acetylenes is 1. The predicted octanol–water partition coefficient (Wildman–Crippen LogP) is 1.91. The van der Waals surface area contributed by atoms with Crippen LogP contribution >= 0.6 is 0 Å². The lowest BCUT2D eigenvalue weighted by molar-refractivity contribution is -0.141. The zero-order valence-electron chi connectivity index (χ0n) is 10.6. The van der Waals surface area contributed by atoms with Crippen molar-refractivity contribution < 1.29 is 9.90 Å². The fourth-order valence-corrected chi connectivity index (χ4v) is 1.91. The monoisotopic (exact) mass is 245 g/mol. The molecule has 0 fully saturated rings. The molecule has 0 bridgehead atoms. The highest BCUT2D eigenvalue weighted by atomic mass is 16.4. The Morgan fingerprint density at radius 3 is 2.94 bits per heavy atom. The maximum atomic E-state index is 11.2. The molecule has 0 aliphatic heterocycles. The molecule has 3 heteroatoms. The lowest BCUT2D eigenvalue weighted by Gasteiger charge is -2.12. The van der Waals surface area contributed by atoms with Crippen LogP contribution in [0, 0.1) is 18.3 Å². The summed E-state index contributed by atoms with van der Waals surface area (Å²) in [7, 11) is 1.87. The number of carboxylic acid groups (broad SMARTS) is 1. The lowest BCUT2D eigenvalue weighted by Crippen LogP contribution is -2.18. The van der Waals surface area contributed by atoms with E-state index in [2.05, 4.69) is 11.2 Å². The summed E-state index contributed by atoms with van der Waals surface area (Å²) in [6, 6.07) is 7.53. The van der Waals surface area contributed by atoms with Crippen LogP contribution < -0.4 is 5.32 Å². The first-order valence-corrected chi connectivity index (χ1v) is 6.10. The highest BCUT2D eigenvalue weighted by Crippen LogP contribution is 2.15. The number of rotatable bonds is 7. The third kappa shape index (κ3) is 4.60. The molecule has 0 saturated heterocycles. The molecule has 0 aliphatic rings. The molecule has 1 unspecified atom stereocenters. The number of hydrogen-bond acceptors (Lipinski definition) is 2. The summed E-state index contributed by atoms with van der Waals surface area (Å²) in [6.45, 7) is 0.841. The van der Waals surface area contributed by atoms with Gasteiger partial charge in [0, 0.05) is 5.56 Å². The molecule has 2 N–H and O–H groups in total. The van der Waals surface area contributed by atoms with Crippen molar-refractivity contribution >= 4 is 5.97 Å². The molecule has 1 atom stereocenters. The first-order valence-electron chi connectivity index (χ1n) is 6.10. The summed E-state index contributed by atoms with van der Waals surface area (Å²) >= 11 is 0. The summed E-state index contributed by atoms with van der Waals surface area (Å²) < 4.78 is 0. The summed E-state index contributed by atoms with van der Waals surface area (Å²) in [5, 5.41) is 12.2. The number of carboxylic acids is 1. The Hall–Kier alpha value is -1.79. The zero-order chi connectivity index (χ0) is 13.4. The standard InChI is InChI=1S/C15H19NO2/c1-3-12-6-4-7-13(10-12)11-14(15(17)18)8-5-9-16-2/h1,4,6-7,10,14,16H,5,8-9,11H2,2H3,(H,17,18). The van der Waals surface area contributed by atoms with Gasteiger partial charge in [0.25, 0.3) is 0 Å². The first-order chi connectivity index (χ1) is 8.67. The largest absolute Gasteiger partial charge is 0.481 e. The minimum atomic E-state index is -0.739. The van der Waals surface area contributed by atoms with E-state index in [-0.39, 0.29) is 5.92 Å². The van der Waals surface area contributed by atoms with Crippen molar-refractivity contribution in [1.82, 2.24) is 5.32 Å². The van der Waals surface area contributed by atoms with Crippen molar-refractivity contribution in [2.45, 2.75) is 19.3 Å². The molecule has 0 amide bonds. The second-order valence-electron chi connectivity index (χ2n) is 4.33. The number of benzene rings is 1. The summed E-state index contributed by atoms with van der Waals surface area (Å²) in [4.78, 5) is 11.2. The van der Waals surface area contributed by atoms with Crippen molar-refractivity contribution in [2.75, 3.05) is 13.6 Å². The van der Waals surface area contributed by atoms with Gasteiger partial charge in [-0.2, -0.15) is 0 Å². The molecule has 96 valence electrons. The van der Waals surface area contributed by atoms with Crippen LogP contribution in [0.4, 0.5) is 0 Å². The van der Waals surface area contributed by atoms with Crippen LogP contribution in [0.1, 0.15) is 24.0 Å². The highest BCUT2D eigenvalue weighted by Gasteiger charge is 2.17. The number of nitrogens with one attached hydrogen (secondary N) is 1. The summed E-state index contributed by atoms with van der Waals surface area (Å²) in [5.41, 5.74) is 1.79. The van der Waals surface area contributed by atoms with Crippen LogP contribution in [0.25, 0.3) is 0 Å². The first kappa shape index (κ1) is 14.3. The van der Waals surface area contributed by atoms with E-state index in [0.29, 0.717) is 12.8 Å². The van der Waals surface area contributed by atoms with Crippen LogP contribution in [-0.4, -0.2) is 24.7 Å². The van der Waals surface area contributed by atoms with Gasteiger partial charge in [-0.15, -0.1) is 6.42 Å². The number of hydrogen-bond donors (Lipinski definition) is 2. The van der Waals surface area contributed by atoms with Crippen LogP contribution in [-0.2, 0) is 11.2 Å².